The molecule has 2 aromatic heterocycles. The molecule has 0 saturated heterocycles. The van der Waals surface area contributed by atoms with Crippen molar-refractivity contribution >= 4 is 11.3 Å². The zero-order valence-corrected chi connectivity index (χ0v) is 9.76. The van der Waals surface area contributed by atoms with Crippen molar-refractivity contribution in [2.24, 2.45) is 0 Å². The van der Waals surface area contributed by atoms with E-state index in [2.05, 4.69) is 15.2 Å². The van der Waals surface area contributed by atoms with Crippen LogP contribution in [-0.4, -0.2) is 15.2 Å². The highest BCUT2D eigenvalue weighted by atomic mass is 32.1. The lowest BCUT2D eigenvalue weighted by atomic mass is 10.2. The Morgan fingerprint density at radius 3 is 2.41 bits per heavy atom. The van der Waals surface area contributed by atoms with Crippen molar-refractivity contribution in [2.45, 2.75) is 0 Å². The summed E-state index contributed by atoms with van der Waals surface area (Å²) in [6.07, 6.45) is 1.76. The van der Waals surface area contributed by atoms with E-state index >= 15 is 0 Å². The van der Waals surface area contributed by atoms with Crippen molar-refractivity contribution < 1.29 is 0 Å². The lowest BCUT2D eigenvalue weighted by Gasteiger charge is -1.99. The van der Waals surface area contributed by atoms with Crippen molar-refractivity contribution in [3.05, 3.63) is 53.4 Å². The number of hydrogen-bond acceptors (Lipinski definition) is 4. The van der Waals surface area contributed by atoms with Gasteiger partial charge >= 0.3 is 0 Å². The van der Waals surface area contributed by atoms with Crippen molar-refractivity contribution in [2.75, 3.05) is 0 Å². The van der Waals surface area contributed by atoms with Gasteiger partial charge in [0.25, 0.3) is 0 Å². The van der Waals surface area contributed by atoms with Crippen LogP contribution in [0, 0.1) is 0 Å². The summed E-state index contributed by atoms with van der Waals surface area (Å²) in [6, 6.07) is 11.9. The Labute approximate surface area is 103 Å². The van der Waals surface area contributed by atoms with Gasteiger partial charge in [0.1, 0.15) is 5.69 Å². The lowest BCUT2D eigenvalue weighted by molar-refractivity contribution is 0.988. The minimum Gasteiger partial charge on any atom is -0.233 e. The summed E-state index contributed by atoms with van der Waals surface area (Å²) >= 11 is 1.64. The normalized spacial score (nSPS) is 10.4. The van der Waals surface area contributed by atoms with Gasteiger partial charge in [-0.25, -0.2) is 4.98 Å². The van der Waals surface area contributed by atoms with Crippen LogP contribution in [0.4, 0.5) is 0 Å². The van der Waals surface area contributed by atoms with E-state index in [0.29, 0.717) is 5.82 Å². The maximum absolute atomic E-state index is 4.34. The van der Waals surface area contributed by atoms with E-state index in [-0.39, 0.29) is 0 Å². The molecule has 3 aromatic rings. The van der Waals surface area contributed by atoms with E-state index in [9.17, 15) is 0 Å². The van der Waals surface area contributed by atoms with Crippen LogP contribution in [0.15, 0.2) is 53.4 Å². The van der Waals surface area contributed by atoms with Crippen LogP contribution in [0.3, 0.4) is 0 Å². The number of rotatable bonds is 2. The van der Waals surface area contributed by atoms with Crippen LogP contribution in [0.2, 0.25) is 0 Å². The molecule has 0 aliphatic carbocycles. The second kappa shape index (κ2) is 4.43. The van der Waals surface area contributed by atoms with Gasteiger partial charge in [-0.3, -0.25) is 0 Å². The maximum Gasteiger partial charge on any atom is 0.181 e. The molecule has 0 atom stereocenters. The van der Waals surface area contributed by atoms with Crippen LogP contribution in [0.5, 0.6) is 0 Å². The van der Waals surface area contributed by atoms with Gasteiger partial charge in [0.2, 0.25) is 0 Å². The summed E-state index contributed by atoms with van der Waals surface area (Å²) in [5, 5.41) is 12.4. The first-order valence-corrected chi connectivity index (χ1v) is 6.15. The molecule has 4 heteroatoms. The van der Waals surface area contributed by atoms with Crippen LogP contribution in [0.1, 0.15) is 0 Å². The standard InChI is InChI=1S/C13H9N3S/c1-2-4-10(5-3-1)13-14-8-12(15-16-13)11-6-7-17-9-11/h1-9H. The Balaban J connectivity index is 1.96. The molecular weight excluding hydrogens is 230 g/mol. The van der Waals surface area contributed by atoms with E-state index in [1.54, 1.807) is 17.5 Å². The summed E-state index contributed by atoms with van der Waals surface area (Å²) < 4.78 is 0. The Kier molecular flexibility index (Phi) is 2.63. The van der Waals surface area contributed by atoms with E-state index in [0.717, 1.165) is 16.8 Å². The molecule has 0 unspecified atom stereocenters. The van der Waals surface area contributed by atoms with Gasteiger partial charge in [-0.05, 0) is 11.4 Å². The van der Waals surface area contributed by atoms with Gasteiger partial charge in [0, 0.05) is 16.5 Å². The number of nitrogens with zero attached hydrogens (tertiary/aromatic N) is 3. The Morgan fingerprint density at radius 2 is 1.76 bits per heavy atom. The Hall–Kier alpha value is -2.07. The third-order valence-corrected chi connectivity index (χ3v) is 3.09. The molecule has 3 rings (SSSR count). The van der Waals surface area contributed by atoms with Gasteiger partial charge in [0.05, 0.1) is 6.20 Å². The van der Waals surface area contributed by atoms with E-state index in [4.69, 9.17) is 0 Å². The Bertz CT molecular complexity index is 588. The molecule has 0 aliphatic heterocycles. The molecule has 0 amide bonds. The van der Waals surface area contributed by atoms with Crippen LogP contribution < -0.4 is 0 Å². The van der Waals surface area contributed by atoms with Crippen LogP contribution in [0.25, 0.3) is 22.6 Å². The molecule has 0 radical (unpaired) electrons. The summed E-state index contributed by atoms with van der Waals surface area (Å²) in [5.41, 5.74) is 2.86. The molecule has 0 aliphatic rings. The minimum atomic E-state index is 0.657. The van der Waals surface area contributed by atoms with Gasteiger partial charge in [0.15, 0.2) is 5.82 Å². The number of hydrogen-bond donors (Lipinski definition) is 0. The fraction of sp³-hybridized carbons (Fsp3) is 0. The third-order valence-electron chi connectivity index (χ3n) is 2.41. The van der Waals surface area contributed by atoms with E-state index < -0.39 is 0 Å². The monoisotopic (exact) mass is 239 g/mol. The average molecular weight is 239 g/mol. The fourth-order valence-corrected chi connectivity index (χ4v) is 2.19. The number of thiophene rings is 1. The molecule has 1 aromatic carbocycles. The average Bonchev–Trinajstić information content (AvgIpc) is 2.94. The zero-order valence-electron chi connectivity index (χ0n) is 8.95. The number of benzene rings is 1. The molecule has 0 bridgehead atoms. The highest BCUT2D eigenvalue weighted by Crippen LogP contribution is 2.19. The Morgan fingerprint density at radius 1 is 0.882 bits per heavy atom. The van der Waals surface area contributed by atoms with Crippen molar-refractivity contribution in [3.8, 4) is 22.6 Å². The quantitative estimate of drug-likeness (QED) is 0.689. The van der Waals surface area contributed by atoms with Gasteiger partial charge in [-0.2, -0.15) is 11.3 Å². The predicted molar refractivity (Wildman–Crippen MR) is 68.6 cm³/mol. The second-order valence-electron chi connectivity index (χ2n) is 3.55. The summed E-state index contributed by atoms with van der Waals surface area (Å²) in [6.45, 7) is 0. The smallest absolute Gasteiger partial charge is 0.181 e. The minimum absolute atomic E-state index is 0.657. The fourth-order valence-electron chi connectivity index (χ4n) is 1.54. The van der Waals surface area contributed by atoms with Crippen LogP contribution in [-0.2, 0) is 0 Å². The molecular formula is C13H9N3S. The molecule has 17 heavy (non-hydrogen) atoms. The molecule has 82 valence electrons. The number of aromatic nitrogens is 3. The lowest BCUT2D eigenvalue weighted by Crippen LogP contribution is -1.93. The topological polar surface area (TPSA) is 38.7 Å². The van der Waals surface area contributed by atoms with Crippen molar-refractivity contribution in [3.63, 3.8) is 0 Å². The molecule has 2 heterocycles. The predicted octanol–water partition coefficient (Wildman–Crippen LogP) is 3.27. The molecule has 3 nitrogen and oxygen atoms in total. The van der Waals surface area contributed by atoms with E-state index in [1.807, 2.05) is 47.2 Å². The molecule has 0 spiro atoms. The summed E-state index contributed by atoms with van der Waals surface area (Å²) in [5.74, 6) is 0.657. The van der Waals surface area contributed by atoms with E-state index in [1.165, 1.54) is 0 Å². The third kappa shape index (κ3) is 2.07. The highest BCUT2D eigenvalue weighted by molar-refractivity contribution is 7.08. The van der Waals surface area contributed by atoms with Crippen LogP contribution >= 0.6 is 11.3 Å². The van der Waals surface area contributed by atoms with Crippen molar-refractivity contribution in [1.82, 2.24) is 15.2 Å². The molecule has 0 saturated carbocycles. The van der Waals surface area contributed by atoms with Gasteiger partial charge in [-0.15, -0.1) is 10.2 Å². The first-order valence-electron chi connectivity index (χ1n) is 5.21. The van der Waals surface area contributed by atoms with Gasteiger partial charge in [-0.1, -0.05) is 30.3 Å². The summed E-state index contributed by atoms with van der Waals surface area (Å²) in [7, 11) is 0. The highest BCUT2D eigenvalue weighted by Gasteiger charge is 2.03. The second-order valence-corrected chi connectivity index (χ2v) is 4.33. The SMILES string of the molecule is c1ccc(-c2ncc(-c3ccsc3)nn2)cc1. The maximum atomic E-state index is 4.34. The summed E-state index contributed by atoms with van der Waals surface area (Å²) in [4.78, 5) is 4.34. The van der Waals surface area contributed by atoms with Gasteiger partial charge < -0.3 is 0 Å². The first kappa shape index (κ1) is 10.1. The molecule has 0 N–H and O–H groups in total. The first-order chi connectivity index (χ1) is 8.43. The largest absolute Gasteiger partial charge is 0.233 e. The molecule has 0 fully saturated rings. The van der Waals surface area contributed by atoms with Crippen molar-refractivity contribution in [1.29, 1.82) is 0 Å². The zero-order chi connectivity index (χ0) is 11.5.